The second kappa shape index (κ2) is 6.33. The third kappa shape index (κ3) is 2.92. The molecule has 100 valence electrons. The lowest BCUT2D eigenvalue weighted by atomic mass is 9.87. The third-order valence-electron chi connectivity index (χ3n) is 4.26. The van der Waals surface area contributed by atoms with Crippen molar-refractivity contribution in [2.75, 3.05) is 13.1 Å². The maximum Gasteiger partial charge on any atom is 0.126 e. The highest BCUT2D eigenvalue weighted by atomic mass is 19.1. The average Bonchev–Trinajstić information content (AvgIpc) is 2.43. The monoisotopic (exact) mass is 249 g/mol. The molecule has 0 atom stereocenters. The van der Waals surface area contributed by atoms with Crippen LogP contribution in [0.5, 0.6) is 0 Å². The van der Waals surface area contributed by atoms with Crippen molar-refractivity contribution in [1.29, 1.82) is 0 Å². The molecule has 0 spiro atoms. The van der Waals surface area contributed by atoms with Crippen molar-refractivity contribution in [3.63, 3.8) is 0 Å². The molecule has 18 heavy (non-hydrogen) atoms. The molecule has 0 bridgehead atoms. The Morgan fingerprint density at radius 3 is 2.44 bits per heavy atom. The van der Waals surface area contributed by atoms with Gasteiger partial charge in [-0.15, -0.1) is 0 Å². The standard InChI is InChI=1S/C16H24FN/c1-3-12(4-2)15-6-5-14(11-16(15)17)13-7-9-18-10-8-13/h5-6,11-13,18H,3-4,7-10H2,1-2H3. The van der Waals surface area contributed by atoms with Crippen LogP contribution in [-0.2, 0) is 0 Å². The molecule has 0 radical (unpaired) electrons. The van der Waals surface area contributed by atoms with E-state index in [9.17, 15) is 4.39 Å². The molecular formula is C16H24FN. The summed E-state index contributed by atoms with van der Waals surface area (Å²) in [4.78, 5) is 0. The summed E-state index contributed by atoms with van der Waals surface area (Å²) in [5.74, 6) is 0.906. The second-order valence-electron chi connectivity index (χ2n) is 5.32. The summed E-state index contributed by atoms with van der Waals surface area (Å²) >= 11 is 0. The van der Waals surface area contributed by atoms with Crippen molar-refractivity contribution in [3.8, 4) is 0 Å². The molecule has 1 nitrogen and oxygen atoms in total. The van der Waals surface area contributed by atoms with Gasteiger partial charge in [-0.25, -0.2) is 4.39 Å². The van der Waals surface area contributed by atoms with Crippen LogP contribution in [0.15, 0.2) is 18.2 Å². The highest BCUT2D eigenvalue weighted by Crippen LogP contribution is 2.30. The lowest BCUT2D eigenvalue weighted by molar-refractivity contribution is 0.457. The van der Waals surface area contributed by atoms with Crippen LogP contribution in [0.1, 0.15) is 62.5 Å². The first-order valence-corrected chi connectivity index (χ1v) is 7.26. The summed E-state index contributed by atoms with van der Waals surface area (Å²) < 4.78 is 14.2. The molecule has 1 aromatic carbocycles. The Labute approximate surface area is 110 Å². The van der Waals surface area contributed by atoms with Crippen LogP contribution in [0, 0.1) is 5.82 Å². The lowest BCUT2D eigenvalue weighted by Gasteiger charge is -2.24. The Hall–Kier alpha value is -0.890. The minimum atomic E-state index is -0.000248. The molecule has 1 aliphatic rings. The van der Waals surface area contributed by atoms with E-state index in [1.807, 2.05) is 6.07 Å². The van der Waals surface area contributed by atoms with Gasteiger partial charge in [-0.3, -0.25) is 0 Å². The summed E-state index contributed by atoms with van der Waals surface area (Å²) in [7, 11) is 0. The van der Waals surface area contributed by atoms with E-state index in [1.165, 1.54) is 5.56 Å². The minimum absolute atomic E-state index is 0.000248. The van der Waals surface area contributed by atoms with Crippen LogP contribution in [0.25, 0.3) is 0 Å². The van der Waals surface area contributed by atoms with Crippen LogP contribution in [-0.4, -0.2) is 13.1 Å². The highest BCUT2D eigenvalue weighted by molar-refractivity contribution is 5.29. The number of hydrogen-bond donors (Lipinski definition) is 1. The molecule has 2 rings (SSSR count). The maximum absolute atomic E-state index is 14.2. The molecule has 2 heteroatoms. The second-order valence-corrected chi connectivity index (χ2v) is 5.32. The molecule has 1 aromatic rings. The topological polar surface area (TPSA) is 12.0 Å². The summed E-state index contributed by atoms with van der Waals surface area (Å²) in [5.41, 5.74) is 2.08. The smallest absolute Gasteiger partial charge is 0.126 e. The van der Waals surface area contributed by atoms with E-state index in [4.69, 9.17) is 0 Å². The molecule has 0 amide bonds. The first-order valence-electron chi connectivity index (χ1n) is 7.26. The Balaban J connectivity index is 2.18. The van der Waals surface area contributed by atoms with Gasteiger partial charge < -0.3 is 5.32 Å². The van der Waals surface area contributed by atoms with Crippen molar-refractivity contribution in [3.05, 3.63) is 35.1 Å². The molecule has 1 saturated heterocycles. The molecule has 0 saturated carbocycles. The van der Waals surface area contributed by atoms with E-state index in [0.29, 0.717) is 11.8 Å². The number of nitrogens with one attached hydrogen (secondary N) is 1. The fourth-order valence-corrected chi connectivity index (χ4v) is 3.01. The molecule has 0 aromatic heterocycles. The van der Waals surface area contributed by atoms with E-state index in [-0.39, 0.29) is 5.82 Å². The number of rotatable bonds is 4. The zero-order valence-electron chi connectivity index (χ0n) is 11.5. The van der Waals surface area contributed by atoms with Crippen molar-refractivity contribution < 1.29 is 4.39 Å². The van der Waals surface area contributed by atoms with E-state index >= 15 is 0 Å². The van der Waals surface area contributed by atoms with Crippen LogP contribution in [0.4, 0.5) is 4.39 Å². The SMILES string of the molecule is CCC(CC)c1ccc(C2CCNCC2)cc1F. The predicted octanol–water partition coefficient (Wildman–Crippen LogP) is 4.20. The lowest BCUT2D eigenvalue weighted by Crippen LogP contribution is -2.26. The molecular weight excluding hydrogens is 225 g/mol. The molecule has 0 unspecified atom stereocenters. The summed E-state index contributed by atoms with van der Waals surface area (Å²) in [6, 6.07) is 5.95. The van der Waals surface area contributed by atoms with Crippen LogP contribution in [0.3, 0.4) is 0 Å². The third-order valence-corrected chi connectivity index (χ3v) is 4.26. The summed E-state index contributed by atoms with van der Waals surface area (Å²) in [5, 5.41) is 3.35. The van der Waals surface area contributed by atoms with E-state index < -0.39 is 0 Å². The zero-order chi connectivity index (χ0) is 13.0. The minimum Gasteiger partial charge on any atom is -0.317 e. The van der Waals surface area contributed by atoms with Crippen LogP contribution < -0.4 is 5.32 Å². The first-order chi connectivity index (χ1) is 8.76. The highest BCUT2D eigenvalue weighted by Gasteiger charge is 2.18. The van der Waals surface area contributed by atoms with Crippen molar-refractivity contribution in [1.82, 2.24) is 5.32 Å². The van der Waals surface area contributed by atoms with E-state index in [0.717, 1.165) is 44.3 Å². The van der Waals surface area contributed by atoms with Gasteiger partial charge in [0, 0.05) is 0 Å². The number of hydrogen-bond acceptors (Lipinski definition) is 1. The van der Waals surface area contributed by atoms with Gasteiger partial charge in [-0.05, 0) is 67.8 Å². The Bertz CT molecular complexity index is 379. The van der Waals surface area contributed by atoms with Crippen molar-refractivity contribution >= 4 is 0 Å². The van der Waals surface area contributed by atoms with Gasteiger partial charge in [0.2, 0.25) is 0 Å². The predicted molar refractivity (Wildman–Crippen MR) is 74.6 cm³/mol. The van der Waals surface area contributed by atoms with Crippen molar-refractivity contribution in [2.24, 2.45) is 0 Å². The van der Waals surface area contributed by atoms with Gasteiger partial charge >= 0.3 is 0 Å². The van der Waals surface area contributed by atoms with Gasteiger partial charge in [0.25, 0.3) is 0 Å². The van der Waals surface area contributed by atoms with E-state index in [1.54, 1.807) is 6.07 Å². The van der Waals surface area contributed by atoms with Crippen molar-refractivity contribution in [2.45, 2.75) is 51.4 Å². The molecule has 1 aliphatic heterocycles. The number of piperidine rings is 1. The van der Waals surface area contributed by atoms with E-state index in [2.05, 4.69) is 25.2 Å². The number of halogens is 1. The van der Waals surface area contributed by atoms with Gasteiger partial charge in [0.1, 0.15) is 5.82 Å². The molecule has 1 N–H and O–H groups in total. The fourth-order valence-electron chi connectivity index (χ4n) is 3.01. The maximum atomic E-state index is 14.2. The first kappa shape index (κ1) is 13.5. The van der Waals surface area contributed by atoms with Gasteiger partial charge in [0.15, 0.2) is 0 Å². The van der Waals surface area contributed by atoms with Gasteiger partial charge in [-0.1, -0.05) is 26.0 Å². The average molecular weight is 249 g/mol. The molecule has 1 fully saturated rings. The fraction of sp³-hybridized carbons (Fsp3) is 0.625. The normalized spacial score (nSPS) is 17.3. The van der Waals surface area contributed by atoms with Crippen LogP contribution in [0.2, 0.25) is 0 Å². The Morgan fingerprint density at radius 2 is 1.89 bits per heavy atom. The quantitative estimate of drug-likeness (QED) is 0.843. The number of benzene rings is 1. The Kier molecular flexibility index (Phi) is 4.76. The van der Waals surface area contributed by atoms with Gasteiger partial charge in [-0.2, -0.15) is 0 Å². The van der Waals surface area contributed by atoms with Gasteiger partial charge in [0.05, 0.1) is 0 Å². The Morgan fingerprint density at radius 1 is 1.22 bits per heavy atom. The summed E-state index contributed by atoms with van der Waals surface area (Å²) in [6.07, 6.45) is 4.29. The van der Waals surface area contributed by atoms with Crippen LogP contribution >= 0.6 is 0 Å². The molecule has 0 aliphatic carbocycles. The summed E-state index contributed by atoms with van der Waals surface area (Å²) in [6.45, 7) is 6.38. The largest absolute Gasteiger partial charge is 0.317 e. The zero-order valence-corrected chi connectivity index (χ0v) is 11.5. The molecule has 1 heterocycles.